The molecule has 3 aliphatic rings. The molecular formula is C54H57ClFN3O10. The number of aliphatic hydroxyl groups is 2. The minimum atomic E-state index is -1.61. The lowest BCUT2D eigenvalue weighted by atomic mass is 9.55. The lowest BCUT2D eigenvalue weighted by Crippen LogP contribution is -2.70. The van der Waals surface area contributed by atoms with Gasteiger partial charge in [-0.15, -0.1) is 18.2 Å². The second-order valence-electron chi connectivity index (χ2n) is 17.6. The summed E-state index contributed by atoms with van der Waals surface area (Å²) in [7, 11) is 0. The summed E-state index contributed by atoms with van der Waals surface area (Å²) >= 11 is 6.10. The molecule has 0 aromatic heterocycles. The highest BCUT2D eigenvalue weighted by Crippen LogP contribution is 2.62. The number of non-ortho nitro benzene ring substituents is 1. The molecule has 8 rings (SSSR count). The van der Waals surface area contributed by atoms with Crippen LogP contribution in [0.5, 0.6) is 17.2 Å². The first-order chi connectivity index (χ1) is 33.7. The number of amides is 1. The van der Waals surface area contributed by atoms with Crippen molar-refractivity contribution in [2.45, 2.75) is 75.8 Å². The van der Waals surface area contributed by atoms with E-state index in [9.17, 15) is 29.5 Å². The number of fused-ring (bicyclic) bond motifs is 3. The molecule has 5 aromatic carbocycles. The number of halogens is 2. The largest absolute Gasteiger partial charge is 0.459 e. The zero-order valence-electron chi connectivity index (χ0n) is 38.3. The van der Waals surface area contributed by atoms with E-state index < -0.39 is 34.6 Å². The van der Waals surface area contributed by atoms with Gasteiger partial charge in [-0.05, 0) is 120 Å². The zero-order chi connectivity index (χ0) is 48.3. The molecular weight excluding hydrogens is 905 g/mol. The van der Waals surface area contributed by atoms with Crippen LogP contribution in [-0.2, 0) is 27.5 Å². The number of alkyl halides is 1. The fourth-order valence-electron chi connectivity index (χ4n) is 10.3. The molecule has 5 aromatic rings. The van der Waals surface area contributed by atoms with Crippen LogP contribution < -0.4 is 9.47 Å². The Bertz CT molecular complexity index is 2650. The van der Waals surface area contributed by atoms with Gasteiger partial charge in [0.15, 0.2) is 0 Å². The summed E-state index contributed by atoms with van der Waals surface area (Å²) < 4.78 is 41.2. The van der Waals surface area contributed by atoms with Gasteiger partial charge in [-0.2, -0.15) is 0 Å². The fourth-order valence-corrected chi connectivity index (χ4v) is 10.4. The molecule has 69 heavy (non-hydrogen) atoms. The van der Waals surface area contributed by atoms with E-state index >= 15 is 0 Å². The van der Waals surface area contributed by atoms with E-state index in [0.29, 0.717) is 53.3 Å². The van der Waals surface area contributed by atoms with Crippen LogP contribution in [0.1, 0.15) is 67.6 Å². The van der Waals surface area contributed by atoms with Gasteiger partial charge < -0.3 is 34.0 Å². The van der Waals surface area contributed by atoms with E-state index in [2.05, 4.69) is 12.7 Å². The number of unbranched alkanes of at least 4 members (excludes halogenated alkanes) is 2. The number of nitro groups is 1. The number of hydrogen-bond donors (Lipinski definition) is 2. The van der Waals surface area contributed by atoms with Gasteiger partial charge in [-0.3, -0.25) is 15.0 Å². The summed E-state index contributed by atoms with van der Waals surface area (Å²) in [5.41, 5.74) is 3.41. The third-order valence-corrected chi connectivity index (χ3v) is 13.5. The molecule has 1 saturated carbocycles. The summed E-state index contributed by atoms with van der Waals surface area (Å²) in [6.07, 6.45) is 7.34. The quantitative estimate of drug-likeness (QED) is 0.0224. The van der Waals surface area contributed by atoms with Gasteiger partial charge in [-0.1, -0.05) is 72.6 Å². The van der Waals surface area contributed by atoms with Gasteiger partial charge in [0.05, 0.1) is 29.0 Å². The van der Waals surface area contributed by atoms with Crippen LogP contribution in [0, 0.1) is 33.7 Å². The lowest BCUT2D eigenvalue weighted by molar-refractivity contribution is -0.384. The van der Waals surface area contributed by atoms with Crippen molar-refractivity contribution in [2.75, 3.05) is 32.3 Å². The maximum atomic E-state index is 14.6. The van der Waals surface area contributed by atoms with Gasteiger partial charge in [0.1, 0.15) is 42.3 Å². The van der Waals surface area contributed by atoms with Crippen LogP contribution >= 0.6 is 11.6 Å². The van der Waals surface area contributed by atoms with Crippen molar-refractivity contribution in [1.82, 2.24) is 4.90 Å². The molecule has 6 atom stereocenters. The molecule has 2 N–H and O–H groups in total. The number of nitrogens with zero attached hydrogens (tertiary/aromatic N) is 3. The van der Waals surface area contributed by atoms with E-state index in [1.54, 1.807) is 35.2 Å². The van der Waals surface area contributed by atoms with E-state index in [1.807, 2.05) is 60.7 Å². The SMILES string of the molecule is C=CCO[C@@]12Oc3ccc(Oc4ccc5ccccc5c4)cc3[C@H]3[C@H](CCCCO)[C@@H](CCCCO)C=C(C(=NOCc4ccc([N+](=O)[O-])cc4)C[C@@H]1N(Cc1ccc(F)cc1)C(=O)OCCCl)[C@H]32. The number of carbonyl (C=O) groups is 1. The van der Waals surface area contributed by atoms with Crippen LogP contribution in [0.3, 0.4) is 0 Å². The minimum absolute atomic E-state index is 0.0127. The van der Waals surface area contributed by atoms with Gasteiger partial charge in [0.2, 0.25) is 5.79 Å². The fraction of sp³-hybridized carbons (Fsp3) is 0.370. The molecule has 0 bridgehead atoms. The zero-order valence-corrected chi connectivity index (χ0v) is 39.1. The van der Waals surface area contributed by atoms with Gasteiger partial charge in [0, 0.05) is 49.8 Å². The van der Waals surface area contributed by atoms with Crippen molar-refractivity contribution in [2.24, 2.45) is 22.9 Å². The normalized spacial score (nSPS) is 21.9. The summed E-state index contributed by atoms with van der Waals surface area (Å²) in [6, 6.07) is 30.7. The van der Waals surface area contributed by atoms with Crippen LogP contribution in [0.2, 0.25) is 0 Å². The Morgan fingerprint density at radius 3 is 2.36 bits per heavy atom. The summed E-state index contributed by atoms with van der Waals surface area (Å²) in [5.74, 6) is -1.34. The van der Waals surface area contributed by atoms with Crippen molar-refractivity contribution in [3.05, 3.63) is 166 Å². The number of rotatable bonds is 22. The number of hydrogen-bond acceptors (Lipinski definition) is 11. The molecule has 0 unspecified atom stereocenters. The van der Waals surface area contributed by atoms with Gasteiger partial charge in [0.25, 0.3) is 5.69 Å². The third kappa shape index (κ3) is 11.1. The molecule has 2 aliphatic carbocycles. The number of nitro benzene ring substituents is 1. The molecule has 1 amide bonds. The topological polar surface area (TPSA) is 162 Å². The van der Waals surface area contributed by atoms with E-state index in [4.69, 9.17) is 40.5 Å². The Kier molecular flexibility index (Phi) is 16.3. The highest BCUT2D eigenvalue weighted by molar-refractivity contribution is 6.18. The summed E-state index contributed by atoms with van der Waals surface area (Å²) in [5, 5.41) is 38.4. The number of carbonyl (C=O) groups excluding carboxylic acids is 1. The highest BCUT2D eigenvalue weighted by atomic mass is 35.5. The van der Waals surface area contributed by atoms with Crippen LogP contribution in [0.4, 0.5) is 14.9 Å². The average Bonchev–Trinajstić information content (AvgIpc) is 3.36. The van der Waals surface area contributed by atoms with Crippen molar-refractivity contribution >= 4 is 39.9 Å². The highest BCUT2D eigenvalue weighted by Gasteiger charge is 2.65. The predicted octanol–water partition coefficient (Wildman–Crippen LogP) is 11.4. The van der Waals surface area contributed by atoms with Crippen molar-refractivity contribution < 1.29 is 48.1 Å². The number of ether oxygens (including phenoxy) is 4. The van der Waals surface area contributed by atoms with Gasteiger partial charge in [-0.25, -0.2) is 9.18 Å². The molecule has 0 saturated heterocycles. The van der Waals surface area contributed by atoms with Crippen molar-refractivity contribution in [3.8, 4) is 17.2 Å². The number of benzene rings is 5. The Morgan fingerprint density at radius 1 is 0.928 bits per heavy atom. The second-order valence-corrected chi connectivity index (χ2v) is 18.0. The summed E-state index contributed by atoms with van der Waals surface area (Å²) in [6.45, 7) is 3.99. The Morgan fingerprint density at radius 2 is 1.64 bits per heavy atom. The molecule has 362 valence electrons. The van der Waals surface area contributed by atoms with E-state index in [1.165, 1.54) is 24.3 Å². The maximum absolute atomic E-state index is 14.6. The maximum Gasteiger partial charge on any atom is 0.410 e. The Labute approximate surface area is 405 Å². The third-order valence-electron chi connectivity index (χ3n) is 13.3. The predicted molar refractivity (Wildman–Crippen MR) is 261 cm³/mol. The molecule has 1 aliphatic heterocycles. The molecule has 0 radical (unpaired) electrons. The van der Waals surface area contributed by atoms with Crippen LogP contribution in [-0.4, -0.2) is 76.0 Å². The number of allylic oxidation sites excluding steroid dienone is 1. The molecule has 13 nitrogen and oxygen atoms in total. The standard InChI is InChI=1S/C54H57ClFN3O10/c1-2-28-66-54-50(58(53(62)65-29-25-55)34-36-13-18-41(56)19-14-36)33-48(57-67-35-37-15-20-42(21-16-37)59(63)64)46-31-40(11-5-7-26-60)45(12-6-8-27-61)51(52(46)54)47-32-44(23-24-49(47)69-54)68-43-22-17-38-9-3-4-10-39(38)30-43/h2-4,9-10,13-24,30-32,40,45,50-52,60-61H,1,5-8,11-12,25-29,33-35H2/t40-,45+,50-,51+,52+,54+/m0/s1. The first kappa shape index (κ1) is 49.1. The minimum Gasteiger partial charge on any atom is -0.459 e. The smallest absolute Gasteiger partial charge is 0.410 e. The number of oxime groups is 1. The summed E-state index contributed by atoms with van der Waals surface area (Å²) in [4.78, 5) is 33.3. The van der Waals surface area contributed by atoms with Gasteiger partial charge >= 0.3 is 6.09 Å². The molecule has 1 heterocycles. The van der Waals surface area contributed by atoms with E-state index in [-0.39, 0.29) is 75.3 Å². The molecule has 15 heteroatoms. The van der Waals surface area contributed by atoms with Crippen LogP contribution in [0.15, 0.2) is 139 Å². The monoisotopic (exact) mass is 961 g/mol. The average molecular weight is 963 g/mol. The Hall–Kier alpha value is -6.32. The van der Waals surface area contributed by atoms with E-state index in [0.717, 1.165) is 41.2 Å². The first-order valence-electron chi connectivity index (χ1n) is 23.5. The van der Waals surface area contributed by atoms with Crippen LogP contribution in [0.25, 0.3) is 10.8 Å². The van der Waals surface area contributed by atoms with Crippen molar-refractivity contribution in [1.29, 1.82) is 0 Å². The number of aliphatic hydroxyl groups excluding tert-OH is 2. The molecule has 1 fully saturated rings. The first-order valence-corrected chi connectivity index (χ1v) is 24.0. The second kappa shape index (κ2) is 22.9. The lowest BCUT2D eigenvalue weighted by Gasteiger charge is -2.59. The molecule has 0 spiro atoms. The van der Waals surface area contributed by atoms with Crippen molar-refractivity contribution in [3.63, 3.8) is 0 Å². The Balaban J connectivity index is 1.32.